The van der Waals surface area contributed by atoms with Gasteiger partial charge in [0.25, 0.3) is 5.56 Å². The Bertz CT molecular complexity index is 671. The summed E-state index contributed by atoms with van der Waals surface area (Å²) in [7, 11) is 1.92. The highest BCUT2D eigenvalue weighted by atomic mass is 16.1. The van der Waals surface area contributed by atoms with E-state index in [2.05, 4.69) is 29.1 Å². The maximum atomic E-state index is 11.3. The summed E-state index contributed by atoms with van der Waals surface area (Å²) in [4.78, 5) is 19.4. The predicted octanol–water partition coefficient (Wildman–Crippen LogP) is 2.83. The lowest BCUT2D eigenvalue weighted by Crippen LogP contribution is -2.07. The van der Waals surface area contributed by atoms with E-state index in [0.29, 0.717) is 5.82 Å². The first-order valence-electron chi connectivity index (χ1n) is 6.46. The standard InChI is InChI=1S/C10H8N4O.C4H10/c1-14-4-6-2-3-7(15)13-9-8(6)10(14)12-5-11-9;1-3-4-2/h2-5H,1H3,(H,11,12,13,15);3-4H2,1-2H3. The molecule has 3 heterocycles. The van der Waals surface area contributed by atoms with Gasteiger partial charge in [0.15, 0.2) is 0 Å². The molecule has 0 fully saturated rings. The summed E-state index contributed by atoms with van der Waals surface area (Å²) < 4.78 is 1.91. The first-order valence-corrected chi connectivity index (χ1v) is 6.46. The molecule has 0 saturated heterocycles. The molecule has 3 rings (SSSR count). The second kappa shape index (κ2) is 5.65. The quantitative estimate of drug-likeness (QED) is 0.855. The van der Waals surface area contributed by atoms with Crippen LogP contribution in [0.3, 0.4) is 0 Å². The third-order valence-electron chi connectivity index (χ3n) is 2.93. The Labute approximate surface area is 112 Å². The molecule has 19 heavy (non-hydrogen) atoms. The van der Waals surface area contributed by atoms with Gasteiger partial charge in [-0.3, -0.25) is 4.79 Å². The van der Waals surface area contributed by atoms with Gasteiger partial charge in [0, 0.05) is 24.7 Å². The molecule has 0 spiro atoms. The number of aliphatic imine (C=N–C) groups is 1. The normalized spacial score (nSPS) is 11.7. The molecule has 0 aromatic carbocycles. The number of anilines is 1. The number of hydrogen-bond donors (Lipinski definition) is 1. The van der Waals surface area contributed by atoms with Crippen molar-refractivity contribution in [3.8, 4) is 0 Å². The van der Waals surface area contributed by atoms with Crippen LogP contribution in [0, 0.1) is 0 Å². The monoisotopic (exact) mass is 258 g/mol. The van der Waals surface area contributed by atoms with Crippen LogP contribution in [0.1, 0.15) is 26.7 Å². The molecule has 5 nitrogen and oxygen atoms in total. The Kier molecular flexibility index (Phi) is 3.94. The van der Waals surface area contributed by atoms with Crippen LogP contribution in [-0.2, 0) is 7.05 Å². The fourth-order valence-electron chi connectivity index (χ4n) is 1.79. The summed E-state index contributed by atoms with van der Waals surface area (Å²) in [5, 5.41) is 4.74. The Hall–Kier alpha value is -2.17. The lowest BCUT2D eigenvalue weighted by atomic mass is 10.3. The molecule has 100 valence electrons. The molecule has 0 bridgehead atoms. The number of aromatic nitrogens is 2. The van der Waals surface area contributed by atoms with Crippen molar-refractivity contribution in [1.29, 1.82) is 0 Å². The first-order chi connectivity index (χ1) is 9.17. The maximum Gasteiger partial charge on any atom is 0.271 e. The smallest absolute Gasteiger partial charge is 0.271 e. The van der Waals surface area contributed by atoms with Crippen LogP contribution in [0.5, 0.6) is 0 Å². The van der Waals surface area contributed by atoms with Crippen molar-refractivity contribution in [3.63, 3.8) is 0 Å². The van der Waals surface area contributed by atoms with Gasteiger partial charge in [0.1, 0.15) is 11.6 Å². The highest BCUT2D eigenvalue weighted by Crippen LogP contribution is 2.32. The summed E-state index contributed by atoms with van der Waals surface area (Å²) in [5.74, 6) is 1.40. The molecule has 0 radical (unpaired) electrons. The van der Waals surface area contributed by atoms with Gasteiger partial charge in [-0.05, 0) is 6.07 Å². The molecule has 0 saturated carbocycles. The highest BCUT2D eigenvalue weighted by Gasteiger charge is 2.13. The van der Waals surface area contributed by atoms with E-state index in [1.165, 1.54) is 18.9 Å². The zero-order chi connectivity index (χ0) is 13.8. The van der Waals surface area contributed by atoms with Crippen LogP contribution in [0.15, 0.2) is 28.1 Å². The van der Waals surface area contributed by atoms with Gasteiger partial charge in [0.05, 0.1) is 11.7 Å². The fraction of sp³-hybridized carbons (Fsp3) is 0.357. The molecule has 1 N–H and O–H groups in total. The van der Waals surface area contributed by atoms with E-state index >= 15 is 0 Å². The van der Waals surface area contributed by atoms with Crippen LogP contribution in [-0.4, -0.2) is 15.9 Å². The van der Waals surface area contributed by atoms with E-state index in [9.17, 15) is 4.79 Å². The van der Waals surface area contributed by atoms with E-state index in [4.69, 9.17) is 0 Å². The topological polar surface area (TPSA) is 59.3 Å². The Morgan fingerprint density at radius 1 is 1.26 bits per heavy atom. The van der Waals surface area contributed by atoms with Crippen LogP contribution in [0.25, 0.3) is 10.8 Å². The van der Waals surface area contributed by atoms with Crippen LogP contribution >= 0.6 is 0 Å². The molecular formula is C14H18N4O. The second-order valence-electron chi connectivity index (χ2n) is 4.43. The van der Waals surface area contributed by atoms with Crippen molar-refractivity contribution in [2.75, 3.05) is 5.32 Å². The largest absolute Gasteiger partial charge is 0.335 e. The van der Waals surface area contributed by atoms with E-state index in [-0.39, 0.29) is 5.56 Å². The molecule has 0 aliphatic carbocycles. The lowest BCUT2D eigenvalue weighted by molar-refractivity contribution is 0.886. The van der Waals surface area contributed by atoms with E-state index < -0.39 is 0 Å². The summed E-state index contributed by atoms with van der Waals surface area (Å²) in [5.41, 5.74) is -0.252. The van der Waals surface area contributed by atoms with E-state index in [0.717, 1.165) is 16.6 Å². The Balaban J connectivity index is 0.000000297. The van der Waals surface area contributed by atoms with Crippen molar-refractivity contribution < 1.29 is 0 Å². The van der Waals surface area contributed by atoms with Crippen molar-refractivity contribution in [1.82, 2.24) is 9.55 Å². The average Bonchev–Trinajstić information content (AvgIpc) is 2.65. The van der Waals surface area contributed by atoms with Gasteiger partial charge >= 0.3 is 0 Å². The SMILES string of the molecule is CCCC.Cn1cc2ccc(=O)nc3c2c1N=CN3. The molecule has 2 aromatic heterocycles. The summed E-state index contributed by atoms with van der Waals surface area (Å²) >= 11 is 0. The lowest BCUT2D eigenvalue weighted by Gasteiger charge is -2.05. The number of hydrogen-bond acceptors (Lipinski definition) is 4. The van der Waals surface area contributed by atoms with Crippen LogP contribution < -0.4 is 10.9 Å². The van der Waals surface area contributed by atoms with Gasteiger partial charge in [-0.15, -0.1) is 0 Å². The van der Waals surface area contributed by atoms with Crippen molar-refractivity contribution in [2.24, 2.45) is 12.0 Å². The third kappa shape index (κ3) is 2.65. The third-order valence-corrected chi connectivity index (χ3v) is 2.93. The van der Waals surface area contributed by atoms with Crippen molar-refractivity contribution in [2.45, 2.75) is 26.7 Å². The summed E-state index contributed by atoms with van der Waals surface area (Å²) in [6.45, 7) is 4.36. The highest BCUT2D eigenvalue weighted by molar-refractivity contribution is 6.06. The molecule has 1 aliphatic rings. The minimum absolute atomic E-state index is 0.252. The minimum Gasteiger partial charge on any atom is -0.335 e. The molecular weight excluding hydrogens is 240 g/mol. The number of nitrogens with zero attached hydrogens (tertiary/aromatic N) is 3. The second-order valence-corrected chi connectivity index (χ2v) is 4.43. The molecule has 1 aliphatic heterocycles. The minimum atomic E-state index is -0.252. The number of nitrogens with one attached hydrogen (secondary N) is 1. The molecule has 5 heteroatoms. The molecule has 0 atom stereocenters. The van der Waals surface area contributed by atoms with Gasteiger partial charge < -0.3 is 9.88 Å². The zero-order valence-corrected chi connectivity index (χ0v) is 11.5. The van der Waals surface area contributed by atoms with Gasteiger partial charge in [-0.25, -0.2) is 4.99 Å². The Morgan fingerprint density at radius 2 is 2.00 bits per heavy atom. The predicted molar refractivity (Wildman–Crippen MR) is 79.3 cm³/mol. The number of unbranched alkanes of at least 4 members (excludes halogenated alkanes) is 1. The summed E-state index contributed by atoms with van der Waals surface area (Å²) in [6, 6.07) is 3.22. The van der Waals surface area contributed by atoms with Crippen LogP contribution in [0.4, 0.5) is 11.6 Å². The van der Waals surface area contributed by atoms with Gasteiger partial charge in [0.2, 0.25) is 0 Å². The first kappa shape index (κ1) is 13.3. The Morgan fingerprint density at radius 3 is 2.68 bits per heavy atom. The van der Waals surface area contributed by atoms with Crippen molar-refractivity contribution in [3.05, 3.63) is 28.7 Å². The van der Waals surface area contributed by atoms with E-state index in [1.807, 2.05) is 17.8 Å². The molecule has 2 aromatic rings. The maximum absolute atomic E-state index is 11.3. The molecule has 0 unspecified atom stereocenters. The number of aryl methyl sites for hydroxylation is 1. The number of rotatable bonds is 1. The van der Waals surface area contributed by atoms with Gasteiger partial charge in [-0.1, -0.05) is 26.7 Å². The van der Waals surface area contributed by atoms with Crippen molar-refractivity contribution >= 4 is 28.7 Å². The fourth-order valence-corrected chi connectivity index (χ4v) is 1.79. The van der Waals surface area contributed by atoms with Crippen LogP contribution in [0.2, 0.25) is 0 Å². The average molecular weight is 258 g/mol. The zero-order valence-electron chi connectivity index (χ0n) is 11.5. The van der Waals surface area contributed by atoms with E-state index in [1.54, 1.807) is 12.4 Å². The van der Waals surface area contributed by atoms with Gasteiger partial charge in [-0.2, -0.15) is 4.98 Å². The molecule has 0 amide bonds. The summed E-state index contributed by atoms with van der Waals surface area (Å²) in [6.07, 6.45) is 6.11.